The van der Waals surface area contributed by atoms with Crippen LogP contribution in [0, 0.1) is 0 Å². The Morgan fingerprint density at radius 1 is 1.02 bits per heavy atom. The number of anilines is 1. The van der Waals surface area contributed by atoms with Gasteiger partial charge in [0.1, 0.15) is 10.3 Å². The van der Waals surface area contributed by atoms with Crippen LogP contribution in [-0.2, 0) is 30.8 Å². The molecule has 0 aliphatic rings. The maximum atomic E-state index is 13.4. The number of amides is 1. The molecular weight excluding hydrogens is 594 g/mol. The van der Waals surface area contributed by atoms with E-state index in [1.54, 1.807) is 30.6 Å². The van der Waals surface area contributed by atoms with Crippen LogP contribution in [0.3, 0.4) is 0 Å². The summed E-state index contributed by atoms with van der Waals surface area (Å²) in [6, 6.07) is 11.1. The van der Waals surface area contributed by atoms with E-state index >= 15 is 0 Å². The lowest BCUT2D eigenvalue weighted by Gasteiger charge is -2.09. The smallest absolute Gasteiger partial charge is 0.280 e. The standard InChI is InChI=1S/C28H33N7O6S2/c1-35(2)15-5-17-40-24-12-11-22-27(32-24)42-28(31-22)33-26(36)25(34-41-19-23-29-13-4-14-30-23)20-7-9-21(10-8-20)43(37,38)18-6-16-39-3/h4,7-14H,5-6,15-19H2,1-3H3,(H,31,33,36)/b34-25+. The number of rotatable bonds is 16. The fourth-order valence-corrected chi connectivity index (χ4v) is 5.87. The van der Waals surface area contributed by atoms with E-state index in [1.165, 1.54) is 42.7 Å². The maximum Gasteiger partial charge on any atom is 0.280 e. The summed E-state index contributed by atoms with van der Waals surface area (Å²) in [5.74, 6) is 0.184. The van der Waals surface area contributed by atoms with Crippen LogP contribution < -0.4 is 10.1 Å². The molecule has 3 heterocycles. The quantitative estimate of drug-likeness (QED) is 0.110. The molecule has 4 aromatic rings. The van der Waals surface area contributed by atoms with Crippen molar-refractivity contribution in [3.05, 3.63) is 66.2 Å². The molecule has 228 valence electrons. The molecule has 1 aromatic carbocycles. The molecule has 1 N–H and O–H groups in total. The van der Waals surface area contributed by atoms with Crippen molar-refractivity contribution in [3.63, 3.8) is 0 Å². The third kappa shape index (κ3) is 9.47. The SMILES string of the molecule is COCCCS(=O)(=O)c1ccc(/C(=N\OCc2ncccn2)C(=O)Nc2nc3ccc(OCCCN(C)C)nc3s2)cc1. The van der Waals surface area contributed by atoms with Gasteiger partial charge in [-0.2, -0.15) is 0 Å². The number of pyridine rings is 1. The second-order valence-corrected chi connectivity index (χ2v) is 12.6. The predicted octanol–water partition coefficient (Wildman–Crippen LogP) is 3.18. The molecule has 0 bridgehead atoms. The van der Waals surface area contributed by atoms with Gasteiger partial charge < -0.3 is 19.2 Å². The number of benzene rings is 1. The number of carbonyl (C=O) groups is 1. The molecule has 43 heavy (non-hydrogen) atoms. The van der Waals surface area contributed by atoms with Crippen LogP contribution in [0.2, 0.25) is 0 Å². The second-order valence-electron chi connectivity index (χ2n) is 9.52. The van der Waals surface area contributed by atoms with E-state index in [2.05, 4.69) is 35.3 Å². The molecule has 3 aromatic heterocycles. The zero-order chi connectivity index (χ0) is 30.7. The molecule has 0 saturated heterocycles. The van der Waals surface area contributed by atoms with E-state index in [0.717, 1.165) is 13.0 Å². The zero-order valence-electron chi connectivity index (χ0n) is 24.1. The van der Waals surface area contributed by atoms with Crippen molar-refractivity contribution < 1.29 is 27.5 Å². The first-order valence-electron chi connectivity index (χ1n) is 13.4. The van der Waals surface area contributed by atoms with Crippen molar-refractivity contribution in [2.75, 3.05) is 52.0 Å². The van der Waals surface area contributed by atoms with Gasteiger partial charge in [-0.15, -0.1) is 0 Å². The van der Waals surface area contributed by atoms with Gasteiger partial charge in [-0.05, 0) is 51.2 Å². The number of methoxy groups -OCH3 is 1. The number of fused-ring (bicyclic) bond motifs is 1. The first-order valence-corrected chi connectivity index (χ1v) is 15.9. The molecule has 0 radical (unpaired) electrons. The van der Waals surface area contributed by atoms with Crippen LogP contribution in [-0.4, -0.2) is 91.6 Å². The number of ether oxygens (including phenoxy) is 2. The fraction of sp³-hybridized carbons (Fsp3) is 0.357. The number of carbonyl (C=O) groups excluding carboxylic acids is 1. The molecule has 0 atom stereocenters. The summed E-state index contributed by atoms with van der Waals surface area (Å²) >= 11 is 1.18. The van der Waals surface area contributed by atoms with Crippen LogP contribution >= 0.6 is 11.3 Å². The highest BCUT2D eigenvalue weighted by Crippen LogP contribution is 2.26. The summed E-state index contributed by atoms with van der Waals surface area (Å²) in [6.45, 7) is 1.69. The molecule has 0 fully saturated rings. The molecule has 0 spiro atoms. The molecular formula is C28H33N7O6S2. The Hall–Kier alpha value is -4.05. The van der Waals surface area contributed by atoms with Gasteiger partial charge in [-0.25, -0.2) is 28.4 Å². The lowest BCUT2D eigenvalue weighted by Crippen LogP contribution is -2.24. The van der Waals surface area contributed by atoms with E-state index in [-0.39, 0.29) is 23.0 Å². The Labute approximate surface area is 253 Å². The first-order chi connectivity index (χ1) is 20.7. The molecule has 0 aliphatic heterocycles. The summed E-state index contributed by atoms with van der Waals surface area (Å²) < 4.78 is 36.1. The number of nitrogens with zero attached hydrogens (tertiary/aromatic N) is 6. The Bertz CT molecular complexity index is 1630. The lowest BCUT2D eigenvalue weighted by molar-refractivity contribution is -0.110. The average Bonchev–Trinajstić information content (AvgIpc) is 3.39. The summed E-state index contributed by atoms with van der Waals surface area (Å²) in [4.78, 5) is 38.8. The van der Waals surface area contributed by atoms with Gasteiger partial charge >= 0.3 is 0 Å². The van der Waals surface area contributed by atoms with Gasteiger partial charge in [0.05, 0.1) is 17.3 Å². The van der Waals surface area contributed by atoms with Crippen molar-refractivity contribution in [3.8, 4) is 5.88 Å². The molecule has 0 unspecified atom stereocenters. The molecule has 1 amide bonds. The third-order valence-electron chi connectivity index (χ3n) is 5.88. The van der Waals surface area contributed by atoms with Gasteiger partial charge in [0.15, 0.2) is 33.1 Å². The number of sulfone groups is 1. The van der Waals surface area contributed by atoms with Gasteiger partial charge in [0.25, 0.3) is 5.91 Å². The topological polar surface area (TPSA) is 158 Å². The third-order valence-corrected chi connectivity index (χ3v) is 8.58. The average molecular weight is 628 g/mol. The number of hydrogen-bond acceptors (Lipinski definition) is 13. The second kappa shape index (κ2) is 15.4. The van der Waals surface area contributed by atoms with E-state index in [4.69, 9.17) is 14.3 Å². The first kappa shape index (κ1) is 31.9. The predicted molar refractivity (Wildman–Crippen MR) is 163 cm³/mol. The number of oxime groups is 1. The lowest BCUT2D eigenvalue weighted by atomic mass is 10.1. The van der Waals surface area contributed by atoms with Crippen molar-refractivity contribution in [1.29, 1.82) is 0 Å². The summed E-state index contributed by atoms with van der Waals surface area (Å²) in [5.41, 5.74) is 0.853. The largest absolute Gasteiger partial charge is 0.478 e. The molecule has 13 nitrogen and oxygen atoms in total. The van der Waals surface area contributed by atoms with Crippen molar-refractivity contribution in [1.82, 2.24) is 24.8 Å². The molecule has 0 aliphatic carbocycles. The van der Waals surface area contributed by atoms with Crippen LogP contribution in [0.25, 0.3) is 10.3 Å². The highest BCUT2D eigenvalue weighted by molar-refractivity contribution is 7.91. The van der Waals surface area contributed by atoms with Crippen LogP contribution in [0.15, 0.2) is 64.9 Å². The van der Waals surface area contributed by atoms with Crippen molar-refractivity contribution in [2.24, 2.45) is 5.16 Å². The number of hydrogen-bond donors (Lipinski definition) is 1. The Kier molecular flexibility index (Phi) is 11.4. The minimum atomic E-state index is -3.52. The van der Waals surface area contributed by atoms with Gasteiger partial charge in [-0.1, -0.05) is 28.6 Å². The van der Waals surface area contributed by atoms with Crippen LogP contribution in [0.5, 0.6) is 5.88 Å². The zero-order valence-corrected chi connectivity index (χ0v) is 25.7. The number of nitrogens with one attached hydrogen (secondary N) is 1. The van der Waals surface area contributed by atoms with Crippen molar-refractivity contribution in [2.45, 2.75) is 24.3 Å². The van der Waals surface area contributed by atoms with E-state index in [0.29, 0.717) is 52.4 Å². The summed E-state index contributed by atoms with van der Waals surface area (Å²) in [7, 11) is 2.00. The molecule has 4 rings (SSSR count). The summed E-state index contributed by atoms with van der Waals surface area (Å²) in [6.07, 6.45) is 4.36. The van der Waals surface area contributed by atoms with Gasteiger partial charge in [0.2, 0.25) is 5.88 Å². The Balaban J connectivity index is 1.51. The van der Waals surface area contributed by atoms with Gasteiger partial charge in [-0.3, -0.25) is 10.1 Å². The monoisotopic (exact) mass is 627 g/mol. The molecule has 0 saturated carbocycles. The number of aromatic nitrogens is 4. The van der Waals surface area contributed by atoms with Crippen molar-refractivity contribution >= 4 is 48.3 Å². The Morgan fingerprint density at radius 3 is 2.51 bits per heavy atom. The maximum absolute atomic E-state index is 13.4. The van der Waals surface area contributed by atoms with Crippen LogP contribution in [0.4, 0.5) is 5.13 Å². The van der Waals surface area contributed by atoms with Crippen LogP contribution in [0.1, 0.15) is 24.2 Å². The summed E-state index contributed by atoms with van der Waals surface area (Å²) in [5, 5.41) is 7.11. The Morgan fingerprint density at radius 2 is 1.79 bits per heavy atom. The fourth-order valence-electron chi connectivity index (χ4n) is 3.76. The van der Waals surface area contributed by atoms with E-state index in [9.17, 15) is 13.2 Å². The highest BCUT2D eigenvalue weighted by Gasteiger charge is 2.20. The van der Waals surface area contributed by atoms with Gasteiger partial charge in [0, 0.05) is 44.3 Å². The van der Waals surface area contributed by atoms with E-state index in [1.807, 2.05) is 14.1 Å². The minimum Gasteiger partial charge on any atom is -0.478 e. The highest BCUT2D eigenvalue weighted by atomic mass is 32.2. The van der Waals surface area contributed by atoms with E-state index < -0.39 is 15.7 Å². The normalized spacial score (nSPS) is 12.0. The number of thiazole rings is 1. The minimum absolute atomic E-state index is 0.0592. The molecule has 15 heteroatoms.